The highest BCUT2D eigenvalue weighted by Gasteiger charge is 2.43. The van der Waals surface area contributed by atoms with Crippen LogP contribution in [0.5, 0.6) is 0 Å². The maximum atomic E-state index is 13.5. The predicted molar refractivity (Wildman–Crippen MR) is 91.6 cm³/mol. The lowest BCUT2D eigenvalue weighted by Crippen LogP contribution is -2.19. The molecule has 1 saturated carbocycles. The molecule has 1 aromatic carbocycles. The normalized spacial score (nSPS) is 18.3. The molecule has 0 heterocycles. The molecule has 1 aliphatic carbocycles. The van der Waals surface area contributed by atoms with Crippen molar-refractivity contribution < 1.29 is 13.6 Å². The number of hydrogen-bond acceptors (Lipinski definition) is 3. The third-order valence-corrected chi connectivity index (χ3v) is 7.24. The van der Waals surface area contributed by atoms with Crippen LogP contribution in [-0.4, -0.2) is 13.2 Å². The minimum absolute atomic E-state index is 0.263. The van der Waals surface area contributed by atoms with E-state index in [4.69, 9.17) is 20.6 Å². The first-order valence-corrected chi connectivity index (χ1v) is 10.2. The summed E-state index contributed by atoms with van der Waals surface area (Å²) < 4.78 is 24.8. The number of halogens is 1. The van der Waals surface area contributed by atoms with Crippen molar-refractivity contribution in [3.8, 4) is 0 Å². The molecule has 5 heteroatoms. The van der Waals surface area contributed by atoms with Crippen LogP contribution in [0, 0.1) is 5.92 Å². The van der Waals surface area contributed by atoms with Crippen LogP contribution < -0.4 is 0 Å². The molecule has 2 rings (SSSR count). The Labute approximate surface area is 138 Å². The Kier molecular flexibility index (Phi) is 6.95. The van der Waals surface area contributed by atoms with Crippen molar-refractivity contribution in [1.82, 2.24) is 0 Å². The van der Waals surface area contributed by atoms with E-state index in [0.717, 1.165) is 18.4 Å². The molecular formula is C17H26ClO3P. The number of rotatable bonds is 7. The standard InChI is InChI=1S/C17H26ClO3P/c1-3-20-22(19,21-4-2)17(14-10-6-5-7-11-14)15-12-8-9-13-16(15)18/h8-9,12-14,17H,3-7,10-11H2,1-2H3. The fraction of sp³-hybridized carbons (Fsp3) is 0.647. The average molecular weight is 345 g/mol. The highest BCUT2D eigenvalue weighted by Crippen LogP contribution is 2.66. The van der Waals surface area contributed by atoms with Gasteiger partial charge in [0.15, 0.2) is 0 Å². The van der Waals surface area contributed by atoms with Crippen molar-refractivity contribution in [3.05, 3.63) is 34.9 Å². The number of benzene rings is 1. The van der Waals surface area contributed by atoms with Crippen LogP contribution in [0.1, 0.15) is 57.2 Å². The first-order valence-electron chi connectivity index (χ1n) is 8.25. The van der Waals surface area contributed by atoms with E-state index < -0.39 is 7.60 Å². The van der Waals surface area contributed by atoms with Gasteiger partial charge in [-0.25, -0.2) is 0 Å². The summed E-state index contributed by atoms with van der Waals surface area (Å²) in [5.74, 6) is 0.303. The summed E-state index contributed by atoms with van der Waals surface area (Å²) in [5.41, 5.74) is 0.641. The zero-order valence-electron chi connectivity index (χ0n) is 13.5. The Morgan fingerprint density at radius 1 is 1.14 bits per heavy atom. The highest BCUT2D eigenvalue weighted by atomic mass is 35.5. The molecule has 1 aliphatic rings. The first kappa shape index (κ1) is 18.0. The summed E-state index contributed by atoms with van der Waals surface area (Å²) in [5, 5.41) is 0.651. The second-order valence-electron chi connectivity index (χ2n) is 5.74. The molecule has 0 aliphatic heterocycles. The lowest BCUT2D eigenvalue weighted by atomic mass is 9.84. The van der Waals surface area contributed by atoms with Gasteiger partial charge in [0.05, 0.1) is 18.9 Å². The van der Waals surface area contributed by atoms with Gasteiger partial charge in [0.2, 0.25) is 0 Å². The quantitative estimate of drug-likeness (QED) is 0.550. The molecule has 0 N–H and O–H groups in total. The molecular weight excluding hydrogens is 319 g/mol. The predicted octanol–water partition coefficient (Wildman–Crippen LogP) is 6.23. The van der Waals surface area contributed by atoms with Crippen molar-refractivity contribution in [1.29, 1.82) is 0 Å². The van der Waals surface area contributed by atoms with Crippen molar-refractivity contribution >= 4 is 19.2 Å². The van der Waals surface area contributed by atoms with E-state index in [-0.39, 0.29) is 5.66 Å². The van der Waals surface area contributed by atoms with E-state index in [0.29, 0.717) is 24.2 Å². The van der Waals surface area contributed by atoms with Gasteiger partial charge in [0, 0.05) is 5.02 Å². The van der Waals surface area contributed by atoms with Crippen LogP contribution in [0.25, 0.3) is 0 Å². The second kappa shape index (κ2) is 8.49. The van der Waals surface area contributed by atoms with E-state index in [1.807, 2.05) is 38.1 Å². The molecule has 0 radical (unpaired) electrons. The second-order valence-corrected chi connectivity index (χ2v) is 8.30. The molecule has 1 fully saturated rings. The maximum Gasteiger partial charge on any atom is 0.338 e. The van der Waals surface area contributed by atoms with Crippen molar-refractivity contribution in [3.63, 3.8) is 0 Å². The van der Waals surface area contributed by atoms with Crippen LogP contribution in [0.2, 0.25) is 5.02 Å². The summed E-state index contributed by atoms with van der Waals surface area (Å²) in [4.78, 5) is 0. The van der Waals surface area contributed by atoms with Crippen LogP contribution in [0.15, 0.2) is 24.3 Å². The molecule has 22 heavy (non-hydrogen) atoms. The fourth-order valence-electron chi connectivity index (χ4n) is 3.41. The third kappa shape index (κ3) is 4.14. The molecule has 1 atom stereocenters. The lowest BCUT2D eigenvalue weighted by Gasteiger charge is -2.35. The summed E-state index contributed by atoms with van der Waals surface area (Å²) in [6.45, 7) is 4.47. The zero-order chi connectivity index (χ0) is 16.0. The summed E-state index contributed by atoms with van der Waals surface area (Å²) in [7, 11) is -3.23. The van der Waals surface area contributed by atoms with E-state index in [1.54, 1.807) is 0 Å². The Morgan fingerprint density at radius 2 is 1.73 bits per heavy atom. The van der Waals surface area contributed by atoms with Crippen LogP contribution in [0.4, 0.5) is 0 Å². The van der Waals surface area contributed by atoms with Crippen molar-refractivity contribution in [2.75, 3.05) is 13.2 Å². The van der Waals surface area contributed by atoms with Gasteiger partial charge in [-0.05, 0) is 44.2 Å². The molecule has 0 aromatic heterocycles. The van der Waals surface area contributed by atoms with E-state index in [9.17, 15) is 4.57 Å². The van der Waals surface area contributed by atoms with Crippen molar-refractivity contribution in [2.24, 2.45) is 5.92 Å². The van der Waals surface area contributed by atoms with Gasteiger partial charge in [-0.2, -0.15) is 0 Å². The third-order valence-electron chi connectivity index (χ3n) is 4.28. The van der Waals surface area contributed by atoms with Gasteiger partial charge in [-0.1, -0.05) is 49.1 Å². The van der Waals surface area contributed by atoms with Crippen LogP contribution in [0.3, 0.4) is 0 Å². The summed E-state index contributed by atoms with van der Waals surface area (Å²) in [6, 6.07) is 7.66. The Hall–Kier alpha value is -0.340. The SMILES string of the molecule is CCOP(=O)(OCC)C(c1ccccc1Cl)C1CCCCC1. The van der Waals surface area contributed by atoms with Crippen molar-refractivity contribution in [2.45, 2.75) is 51.6 Å². The van der Waals surface area contributed by atoms with Gasteiger partial charge in [-0.3, -0.25) is 4.57 Å². The largest absolute Gasteiger partial charge is 0.338 e. The molecule has 1 aromatic rings. The Bertz CT molecular complexity index is 504. The Balaban J connectivity index is 2.44. The Morgan fingerprint density at radius 3 is 2.27 bits per heavy atom. The first-order chi connectivity index (χ1) is 10.6. The monoisotopic (exact) mass is 344 g/mol. The number of hydrogen-bond donors (Lipinski definition) is 0. The highest BCUT2D eigenvalue weighted by molar-refractivity contribution is 7.54. The minimum Gasteiger partial charge on any atom is -0.308 e. The van der Waals surface area contributed by atoms with Gasteiger partial charge in [0.25, 0.3) is 0 Å². The summed E-state index contributed by atoms with van der Waals surface area (Å²) >= 11 is 6.41. The lowest BCUT2D eigenvalue weighted by molar-refractivity contribution is 0.195. The van der Waals surface area contributed by atoms with Crippen LogP contribution >= 0.6 is 19.2 Å². The maximum absolute atomic E-state index is 13.5. The molecule has 0 spiro atoms. The molecule has 3 nitrogen and oxygen atoms in total. The summed E-state index contributed by atoms with van der Waals surface area (Å²) in [6.07, 6.45) is 5.70. The molecule has 0 bridgehead atoms. The minimum atomic E-state index is -3.23. The van der Waals surface area contributed by atoms with E-state index in [2.05, 4.69) is 0 Å². The fourth-order valence-corrected chi connectivity index (χ4v) is 6.23. The van der Waals surface area contributed by atoms with Gasteiger partial charge < -0.3 is 9.05 Å². The smallest absolute Gasteiger partial charge is 0.308 e. The average Bonchev–Trinajstić information content (AvgIpc) is 2.51. The topological polar surface area (TPSA) is 35.5 Å². The van der Waals surface area contributed by atoms with Gasteiger partial charge in [0.1, 0.15) is 0 Å². The van der Waals surface area contributed by atoms with Crippen LogP contribution in [-0.2, 0) is 13.6 Å². The molecule has 124 valence electrons. The molecule has 0 amide bonds. The molecule has 1 unspecified atom stereocenters. The van der Waals surface area contributed by atoms with E-state index >= 15 is 0 Å². The van der Waals surface area contributed by atoms with Gasteiger partial charge >= 0.3 is 7.60 Å². The molecule has 0 saturated heterocycles. The zero-order valence-corrected chi connectivity index (χ0v) is 15.1. The van der Waals surface area contributed by atoms with Gasteiger partial charge in [-0.15, -0.1) is 0 Å². The van der Waals surface area contributed by atoms with E-state index in [1.165, 1.54) is 19.3 Å².